The molecule has 2 aromatic carbocycles. The molecule has 134 valence electrons. The minimum absolute atomic E-state index is 0.317. The van der Waals surface area contributed by atoms with E-state index in [-0.39, 0.29) is 6.03 Å². The molecule has 3 aromatic rings. The molecule has 5 nitrogen and oxygen atoms in total. The van der Waals surface area contributed by atoms with E-state index >= 15 is 0 Å². The van der Waals surface area contributed by atoms with Crippen LogP contribution in [0.15, 0.2) is 46.9 Å². The van der Waals surface area contributed by atoms with Crippen molar-refractivity contribution < 1.29 is 4.79 Å². The fourth-order valence-electron chi connectivity index (χ4n) is 2.71. The minimum atomic E-state index is -0.317. The van der Waals surface area contributed by atoms with Gasteiger partial charge in [-0.3, -0.25) is 4.68 Å². The van der Waals surface area contributed by atoms with Gasteiger partial charge in [-0.1, -0.05) is 17.7 Å². The number of aromatic nitrogens is 2. The molecule has 0 aliphatic rings. The molecule has 0 aliphatic heterocycles. The molecule has 0 bridgehead atoms. The summed E-state index contributed by atoms with van der Waals surface area (Å²) in [5.74, 6) is 0. The fraction of sp³-hybridized carbons (Fsp3) is 0.158. The quantitative estimate of drug-likeness (QED) is 0.551. The van der Waals surface area contributed by atoms with E-state index in [9.17, 15) is 4.79 Å². The van der Waals surface area contributed by atoms with Crippen LogP contribution in [0.2, 0.25) is 5.02 Å². The van der Waals surface area contributed by atoms with Crippen molar-refractivity contribution in [1.29, 1.82) is 0 Å². The van der Waals surface area contributed by atoms with E-state index < -0.39 is 0 Å². The van der Waals surface area contributed by atoms with Crippen molar-refractivity contribution in [3.8, 4) is 11.3 Å². The van der Waals surface area contributed by atoms with Crippen LogP contribution < -0.4 is 10.6 Å². The Morgan fingerprint density at radius 3 is 2.31 bits per heavy atom. The lowest BCUT2D eigenvalue weighted by Crippen LogP contribution is -2.19. The van der Waals surface area contributed by atoms with Crippen molar-refractivity contribution >= 4 is 44.9 Å². The SMILES string of the molecule is Cc1ccc(NC(=O)Nc2ccc(Cl)cc2)cc1-c1c(Br)c(C)nn1C. The zero-order chi connectivity index (χ0) is 18.8. The maximum Gasteiger partial charge on any atom is 0.323 e. The van der Waals surface area contributed by atoms with Crippen LogP contribution in [-0.2, 0) is 7.05 Å². The molecule has 2 N–H and O–H groups in total. The van der Waals surface area contributed by atoms with Gasteiger partial charge in [0.1, 0.15) is 0 Å². The Bertz CT molecular complexity index is 966. The highest BCUT2D eigenvalue weighted by Crippen LogP contribution is 2.34. The number of nitrogens with one attached hydrogen (secondary N) is 2. The number of hydrogen-bond donors (Lipinski definition) is 2. The van der Waals surface area contributed by atoms with Gasteiger partial charge in [0.05, 0.1) is 15.9 Å². The van der Waals surface area contributed by atoms with Gasteiger partial charge in [-0.05, 0) is 71.7 Å². The van der Waals surface area contributed by atoms with Gasteiger partial charge in [0.2, 0.25) is 0 Å². The summed E-state index contributed by atoms with van der Waals surface area (Å²) in [5, 5.41) is 10.7. The number of carbonyl (C=O) groups is 1. The first-order chi connectivity index (χ1) is 12.3. The van der Waals surface area contributed by atoms with E-state index in [4.69, 9.17) is 11.6 Å². The molecule has 0 radical (unpaired) electrons. The number of urea groups is 1. The predicted octanol–water partition coefficient (Wildman–Crippen LogP) is 5.76. The van der Waals surface area contributed by atoms with Gasteiger partial charge in [0.25, 0.3) is 0 Å². The maximum absolute atomic E-state index is 12.3. The minimum Gasteiger partial charge on any atom is -0.308 e. The number of hydrogen-bond acceptors (Lipinski definition) is 2. The summed E-state index contributed by atoms with van der Waals surface area (Å²) in [6, 6.07) is 12.4. The first-order valence-electron chi connectivity index (χ1n) is 7.99. The van der Waals surface area contributed by atoms with Crippen molar-refractivity contribution in [2.75, 3.05) is 10.6 Å². The summed E-state index contributed by atoms with van der Waals surface area (Å²) in [6.07, 6.45) is 0. The number of carbonyl (C=O) groups excluding carboxylic acids is 1. The molecule has 0 saturated carbocycles. The average molecular weight is 434 g/mol. The second-order valence-electron chi connectivity index (χ2n) is 5.99. The van der Waals surface area contributed by atoms with Crippen molar-refractivity contribution in [3.63, 3.8) is 0 Å². The number of aryl methyl sites for hydroxylation is 3. The van der Waals surface area contributed by atoms with E-state index in [1.165, 1.54) is 0 Å². The van der Waals surface area contributed by atoms with Gasteiger partial charge >= 0.3 is 6.03 Å². The Labute approximate surface area is 165 Å². The summed E-state index contributed by atoms with van der Waals surface area (Å²) in [5.41, 5.74) is 5.36. The Kier molecular flexibility index (Phi) is 5.34. The van der Waals surface area contributed by atoms with Crippen molar-refractivity contribution in [1.82, 2.24) is 9.78 Å². The Morgan fingerprint density at radius 2 is 1.69 bits per heavy atom. The Morgan fingerprint density at radius 1 is 1.08 bits per heavy atom. The second kappa shape index (κ2) is 7.51. The molecule has 26 heavy (non-hydrogen) atoms. The van der Waals surface area contributed by atoms with E-state index in [1.54, 1.807) is 24.3 Å². The van der Waals surface area contributed by atoms with Crippen LogP contribution in [0.1, 0.15) is 11.3 Å². The summed E-state index contributed by atoms with van der Waals surface area (Å²) < 4.78 is 2.78. The van der Waals surface area contributed by atoms with Gasteiger partial charge in [-0.2, -0.15) is 5.10 Å². The Hall–Kier alpha value is -2.31. The van der Waals surface area contributed by atoms with Crippen molar-refractivity contribution in [2.24, 2.45) is 7.05 Å². The van der Waals surface area contributed by atoms with Gasteiger partial charge in [0, 0.05) is 29.0 Å². The molecule has 0 aliphatic carbocycles. The highest BCUT2D eigenvalue weighted by atomic mass is 79.9. The molecule has 1 aromatic heterocycles. The van der Waals surface area contributed by atoms with E-state index in [2.05, 4.69) is 31.7 Å². The monoisotopic (exact) mass is 432 g/mol. The number of benzene rings is 2. The highest BCUT2D eigenvalue weighted by Gasteiger charge is 2.15. The summed E-state index contributed by atoms with van der Waals surface area (Å²) in [7, 11) is 1.90. The first-order valence-corrected chi connectivity index (χ1v) is 9.16. The lowest BCUT2D eigenvalue weighted by atomic mass is 10.0. The number of rotatable bonds is 3. The smallest absolute Gasteiger partial charge is 0.308 e. The van der Waals surface area contributed by atoms with E-state index in [0.717, 1.165) is 27.0 Å². The normalized spacial score (nSPS) is 10.7. The predicted molar refractivity (Wildman–Crippen MR) is 110 cm³/mol. The highest BCUT2D eigenvalue weighted by molar-refractivity contribution is 9.10. The van der Waals surface area contributed by atoms with E-state index in [1.807, 2.05) is 43.8 Å². The maximum atomic E-state index is 12.3. The molecule has 0 unspecified atom stereocenters. The molecular weight excluding hydrogens is 416 g/mol. The third kappa shape index (κ3) is 3.92. The molecule has 0 atom stereocenters. The van der Waals surface area contributed by atoms with Crippen LogP contribution in [0.25, 0.3) is 11.3 Å². The van der Waals surface area contributed by atoms with Crippen LogP contribution >= 0.6 is 27.5 Å². The molecule has 0 fully saturated rings. The molecule has 7 heteroatoms. The van der Waals surface area contributed by atoms with E-state index in [0.29, 0.717) is 16.4 Å². The van der Waals surface area contributed by atoms with Gasteiger partial charge in [-0.15, -0.1) is 0 Å². The third-order valence-electron chi connectivity index (χ3n) is 4.00. The number of anilines is 2. The molecule has 3 rings (SSSR count). The number of amides is 2. The summed E-state index contributed by atoms with van der Waals surface area (Å²) in [4.78, 5) is 12.3. The fourth-order valence-corrected chi connectivity index (χ4v) is 3.38. The first kappa shape index (κ1) is 18.5. The second-order valence-corrected chi connectivity index (χ2v) is 7.22. The van der Waals surface area contributed by atoms with Crippen LogP contribution in [0.4, 0.5) is 16.2 Å². The lowest BCUT2D eigenvalue weighted by molar-refractivity contribution is 0.262. The molecule has 1 heterocycles. The molecule has 2 amide bonds. The van der Waals surface area contributed by atoms with Gasteiger partial charge in [-0.25, -0.2) is 4.79 Å². The largest absolute Gasteiger partial charge is 0.323 e. The summed E-state index contributed by atoms with van der Waals surface area (Å²) in [6.45, 7) is 3.98. The van der Waals surface area contributed by atoms with Crippen LogP contribution in [0.5, 0.6) is 0 Å². The van der Waals surface area contributed by atoms with Gasteiger partial charge in [0.15, 0.2) is 0 Å². The molecular formula is C19H18BrClN4O. The third-order valence-corrected chi connectivity index (χ3v) is 5.20. The van der Waals surface area contributed by atoms with Crippen LogP contribution in [0.3, 0.4) is 0 Å². The van der Waals surface area contributed by atoms with Crippen molar-refractivity contribution in [2.45, 2.75) is 13.8 Å². The summed E-state index contributed by atoms with van der Waals surface area (Å²) >= 11 is 9.46. The topological polar surface area (TPSA) is 59.0 Å². The molecule has 0 saturated heterocycles. The number of halogens is 2. The average Bonchev–Trinajstić information content (AvgIpc) is 2.84. The van der Waals surface area contributed by atoms with Gasteiger partial charge < -0.3 is 10.6 Å². The van der Waals surface area contributed by atoms with Crippen molar-refractivity contribution in [3.05, 3.63) is 63.2 Å². The lowest BCUT2D eigenvalue weighted by Gasteiger charge is -2.12. The number of nitrogens with zero attached hydrogens (tertiary/aromatic N) is 2. The standard InChI is InChI=1S/C19H18BrClN4O/c1-11-4-7-15(10-16(11)18-17(20)12(2)24-25(18)3)23-19(26)22-14-8-5-13(21)6-9-14/h4-10H,1-3H3,(H2,22,23,26). The van der Waals surface area contributed by atoms with Crippen LogP contribution in [-0.4, -0.2) is 15.8 Å². The Balaban J connectivity index is 1.83. The van der Waals surface area contributed by atoms with Crippen LogP contribution in [0, 0.1) is 13.8 Å². The molecule has 0 spiro atoms. The zero-order valence-electron chi connectivity index (χ0n) is 14.6. The zero-order valence-corrected chi connectivity index (χ0v) is 16.9.